The van der Waals surface area contributed by atoms with E-state index >= 15 is 0 Å². The van der Waals surface area contributed by atoms with Gasteiger partial charge in [0.25, 0.3) is 0 Å². The van der Waals surface area contributed by atoms with Gasteiger partial charge in [-0.05, 0) is 71.7 Å². The Morgan fingerprint density at radius 2 is 1.81 bits per heavy atom. The van der Waals surface area contributed by atoms with Gasteiger partial charge in [0.2, 0.25) is 0 Å². The largest absolute Gasteiger partial charge is 0.461 e. The summed E-state index contributed by atoms with van der Waals surface area (Å²) in [5.41, 5.74) is 3.51. The van der Waals surface area contributed by atoms with Crippen LogP contribution in [0.2, 0.25) is 0 Å². The molecule has 2 rings (SSSR count). The molecule has 0 aromatic carbocycles. The second-order valence-electron chi connectivity index (χ2n) is 6.45. The lowest BCUT2D eigenvalue weighted by molar-refractivity contribution is 0.422. The Balaban J connectivity index is 2.04. The summed E-state index contributed by atoms with van der Waals surface area (Å²) >= 11 is 0. The molecule has 2 aromatic rings. The molecule has 0 aliphatic carbocycles. The van der Waals surface area contributed by atoms with Crippen LogP contribution in [-0.4, -0.2) is 22.1 Å². The van der Waals surface area contributed by atoms with Gasteiger partial charge in [-0.2, -0.15) is 0 Å². The zero-order valence-electron chi connectivity index (χ0n) is 13.7. The fourth-order valence-corrected chi connectivity index (χ4v) is 2.35. The highest BCUT2D eigenvalue weighted by Crippen LogP contribution is 2.20. The van der Waals surface area contributed by atoms with Crippen molar-refractivity contribution in [1.82, 2.24) is 15.3 Å². The van der Waals surface area contributed by atoms with Crippen LogP contribution in [0.5, 0.6) is 0 Å². The van der Waals surface area contributed by atoms with Gasteiger partial charge in [-0.15, -0.1) is 0 Å². The van der Waals surface area contributed by atoms with Gasteiger partial charge in [0.1, 0.15) is 0 Å². The van der Waals surface area contributed by atoms with Gasteiger partial charge in [0.15, 0.2) is 11.6 Å². The van der Waals surface area contributed by atoms with E-state index < -0.39 is 0 Å². The molecular weight excluding hydrogens is 262 g/mol. The third-order valence-corrected chi connectivity index (χ3v) is 3.42. The van der Waals surface area contributed by atoms with Crippen LogP contribution in [0.4, 0.5) is 0 Å². The zero-order valence-corrected chi connectivity index (χ0v) is 13.7. The summed E-state index contributed by atoms with van der Waals surface area (Å²) in [5, 5.41) is 3.51. The Kier molecular flexibility index (Phi) is 4.78. The van der Waals surface area contributed by atoms with E-state index in [1.54, 1.807) is 6.26 Å². The number of aromatic nitrogens is 2. The second kappa shape index (κ2) is 6.39. The molecule has 2 aromatic heterocycles. The van der Waals surface area contributed by atoms with Crippen LogP contribution in [0.1, 0.15) is 44.1 Å². The zero-order chi connectivity index (χ0) is 15.5. The fourth-order valence-electron chi connectivity index (χ4n) is 2.35. The van der Waals surface area contributed by atoms with E-state index in [4.69, 9.17) is 4.42 Å². The van der Waals surface area contributed by atoms with E-state index in [0.29, 0.717) is 5.82 Å². The van der Waals surface area contributed by atoms with Gasteiger partial charge < -0.3 is 9.73 Å². The standard InChI is InChI=1S/C17H25N3O/c1-12-14(8-6-10-18-17(3,4)5)13(2)20-16(19-12)15-9-7-11-21-15/h7,9,11,18H,6,8,10H2,1-5H3. The monoisotopic (exact) mass is 287 g/mol. The molecule has 0 radical (unpaired) electrons. The van der Waals surface area contributed by atoms with Gasteiger partial charge in [-0.3, -0.25) is 0 Å². The molecule has 0 bridgehead atoms. The second-order valence-corrected chi connectivity index (χ2v) is 6.45. The molecule has 0 atom stereocenters. The Bertz CT molecular complexity index is 560. The van der Waals surface area contributed by atoms with Crippen molar-refractivity contribution in [3.63, 3.8) is 0 Å². The van der Waals surface area contributed by atoms with Gasteiger partial charge >= 0.3 is 0 Å². The summed E-state index contributed by atoms with van der Waals surface area (Å²) < 4.78 is 5.37. The first-order chi connectivity index (χ1) is 9.87. The van der Waals surface area contributed by atoms with Crippen molar-refractivity contribution >= 4 is 0 Å². The fraction of sp³-hybridized carbons (Fsp3) is 0.529. The van der Waals surface area contributed by atoms with E-state index in [1.807, 2.05) is 26.0 Å². The van der Waals surface area contributed by atoms with Crippen molar-refractivity contribution in [2.45, 2.75) is 53.0 Å². The molecule has 0 aliphatic heterocycles. The SMILES string of the molecule is Cc1nc(-c2ccco2)nc(C)c1CCCNC(C)(C)C. The lowest BCUT2D eigenvalue weighted by Gasteiger charge is -2.20. The molecule has 0 unspecified atom stereocenters. The van der Waals surface area contributed by atoms with Crippen LogP contribution in [-0.2, 0) is 6.42 Å². The van der Waals surface area contributed by atoms with E-state index in [9.17, 15) is 0 Å². The van der Waals surface area contributed by atoms with Gasteiger partial charge in [0, 0.05) is 16.9 Å². The molecule has 0 spiro atoms. The normalized spacial score (nSPS) is 11.9. The predicted octanol–water partition coefficient (Wildman–Crippen LogP) is 3.67. The molecule has 114 valence electrons. The topological polar surface area (TPSA) is 51.0 Å². The highest BCUT2D eigenvalue weighted by Gasteiger charge is 2.12. The van der Waals surface area contributed by atoms with Crippen molar-refractivity contribution in [3.8, 4) is 11.6 Å². The molecule has 1 N–H and O–H groups in total. The Hall–Kier alpha value is -1.68. The highest BCUT2D eigenvalue weighted by atomic mass is 16.3. The van der Waals surface area contributed by atoms with Crippen molar-refractivity contribution < 1.29 is 4.42 Å². The first-order valence-electron chi connectivity index (χ1n) is 7.50. The number of hydrogen-bond donors (Lipinski definition) is 1. The molecule has 0 saturated carbocycles. The van der Waals surface area contributed by atoms with E-state index in [0.717, 1.165) is 36.5 Å². The van der Waals surface area contributed by atoms with E-state index in [-0.39, 0.29) is 5.54 Å². The van der Waals surface area contributed by atoms with Crippen LogP contribution in [0.25, 0.3) is 11.6 Å². The third kappa shape index (κ3) is 4.39. The minimum Gasteiger partial charge on any atom is -0.461 e. The smallest absolute Gasteiger partial charge is 0.196 e. The van der Waals surface area contributed by atoms with Crippen molar-refractivity contribution in [1.29, 1.82) is 0 Å². The van der Waals surface area contributed by atoms with Crippen LogP contribution in [0, 0.1) is 13.8 Å². The number of aryl methyl sites for hydroxylation is 2. The van der Waals surface area contributed by atoms with Crippen molar-refractivity contribution in [2.75, 3.05) is 6.54 Å². The average molecular weight is 287 g/mol. The summed E-state index contributed by atoms with van der Waals surface area (Å²) in [4.78, 5) is 9.16. The Labute approximate surface area is 127 Å². The average Bonchev–Trinajstić information content (AvgIpc) is 2.89. The van der Waals surface area contributed by atoms with Crippen molar-refractivity contribution in [3.05, 3.63) is 35.3 Å². The summed E-state index contributed by atoms with van der Waals surface area (Å²) in [6.45, 7) is 11.7. The first kappa shape index (κ1) is 15.7. The van der Waals surface area contributed by atoms with Crippen LogP contribution < -0.4 is 5.32 Å². The number of rotatable bonds is 5. The number of nitrogens with zero attached hydrogens (tertiary/aromatic N) is 2. The van der Waals surface area contributed by atoms with Crippen LogP contribution >= 0.6 is 0 Å². The van der Waals surface area contributed by atoms with Crippen LogP contribution in [0.15, 0.2) is 22.8 Å². The molecular formula is C17H25N3O. The third-order valence-electron chi connectivity index (χ3n) is 3.42. The lowest BCUT2D eigenvalue weighted by atomic mass is 10.0. The van der Waals surface area contributed by atoms with Gasteiger partial charge in [0.05, 0.1) is 6.26 Å². The van der Waals surface area contributed by atoms with Crippen LogP contribution in [0.3, 0.4) is 0 Å². The molecule has 0 saturated heterocycles. The van der Waals surface area contributed by atoms with Gasteiger partial charge in [-0.1, -0.05) is 0 Å². The maximum Gasteiger partial charge on any atom is 0.196 e. The molecule has 2 heterocycles. The van der Waals surface area contributed by atoms with Crippen molar-refractivity contribution in [2.24, 2.45) is 0 Å². The van der Waals surface area contributed by atoms with Gasteiger partial charge in [-0.25, -0.2) is 9.97 Å². The molecule has 0 amide bonds. The molecule has 0 fully saturated rings. The predicted molar refractivity (Wildman–Crippen MR) is 85.3 cm³/mol. The van der Waals surface area contributed by atoms with E-state index in [1.165, 1.54) is 5.56 Å². The maximum atomic E-state index is 5.37. The minimum atomic E-state index is 0.170. The number of nitrogens with one attached hydrogen (secondary N) is 1. The summed E-state index contributed by atoms with van der Waals surface area (Å²) in [6.07, 6.45) is 3.73. The summed E-state index contributed by atoms with van der Waals surface area (Å²) in [5.74, 6) is 1.40. The summed E-state index contributed by atoms with van der Waals surface area (Å²) in [7, 11) is 0. The highest BCUT2D eigenvalue weighted by molar-refractivity contribution is 5.47. The number of hydrogen-bond acceptors (Lipinski definition) is 4. The molecule has 4 heteroatoms. The molecule has 4 nitrogen and oxygen atoms in total. The molecule has 0 aliphatic rings. The maximum absolute atomic E-state index is 5.37. The molecule has 21 heavy (non-hydrogen) atoms. The summed E-state index contributed by atoms with van der Waals surface area (Å²) in [6, 6.07) is 3.75. The quantitative estimate of drug-likeness (QED) is 0.852. The lowest BCUT2D eigenvalue weighted by Crippen LogP contribution is -2.36. The van der Waals surface area contributed by atoms with E-state index in [2.05, 4.69) is 36.1 Å². The number of furan rings is 1. The first-order valence-corrected chi connectivity index (χ1v) is 7.50. The Morgan fingerprint density at radius 1 is 1.14 bits per heavy atom. The minimum absolute atomic E-state index is 0.170. The Morgan fingerprint density at radius 3 is 2.33 bits per heavy atom.